The molecule has 0 saturated heterocycles. The Balaban J connectivity index is 2.39. The van der Waals surface area contributed by atoms with Crippen LogP contribution in [0.15, 0.2) is 30.7 Å². The molecule has 0 aliphatic rings. The Morgan fingerprint density at radius 2 is 2.10 bits per heavy atom. The quantitative estimate of drug-likeness (QED) is 0.845. The number of carbonyl (C=O) groups is 1. The van der Waals surface area contributed by atoms with Crippen LogP contribution in [-0.4, -0.2) is 38.4 Å². The topological polar surface area (TPSA) is 74.8 Å². The molecule has 2 aromatic rings. The summed E-state index contributed by atoms with van der Waals surface area (Å²) in [6, 6.07) is 5.41. The largest absolute Gasteiger partial charge is 0.338 e. The summed E-state index contributed by atoms with van der Waals surface area (Å²) in [5.74, 6) is 0.160. The Hall–Kier alpha value is -2.68. The molecule has 0 unspecified atom stereocenters. The van der Waals surface area contributed by atoms with Gasteiger partial charge in [-0.3, -0.25) is 14.3 Å². The maximum atomic E-state index is 12.3. The first kappa shape index (κ1) is 13.7. The second-order valence-electron chi connectivity index (χ2n) is 4.11. The highest BCUT2D eigenvalue weighted by molar-refractivity contribution is 5.92. The van der Waals surface area contributed by atoms with Crippen molar-refractivity contribution in [2.24, 2.45) is 0 Å². The standard InChI is InChI=1S/C14H15N5O/c1-3-18(4-2)14(20)12-9-11(5-6-16-12)19-8-7-17-13(19)10-15/h5-9H,3-4H2,1-2H3. The molecule has 6 nitrogen and oxygen atoms in total. The minimum atomic E-state index is -0.115. The van der Waals surface area contributed by atoms with Gasteiger partial charge in [-0.25, -0.2) is 4.98 Å². The van der Waals surface area contributed by atoms with Gasteiger partial charge in [0.15, 0.2) is 0 Å². The molecular formula is C14H15N5O. The number of nitrogens with zero attached hydrogens (tertiary/aromatic N) is 5. The fourth-order valence-corrected chi connectivity index (χ4v) is 1.95. The van der Waals surface area contributed by atoms with Crippen LogP contribution in [0.3, 0.4) is 0 Å². The minimum absolute atomic E-state index is 0.115. The van der Waals surface area contributed by atoms with Crippen LogP contribution < -0.4 is 0 Å². The SMILES string of the molecule is CCN(CC)C(=O)c1cc(-n2ccnc2C#N)ccn1. The monoisotopic (exact) mass is 269 g/mol. The molecule has 2 heterocycles. The third kappa shape index (κ3) is 2.52. The van der Waals surface area contributed by atoms with Crippen LogP contribution in [0.5, 0.6) is 0 Å². The molecular weight excluding hydrogens is 254 g/mol. The summed E-state index contributed by atoms with van der Waals surface area (Å²) in [5, 5.41) is 8.99. The van der Waals surface area contributed by atoms with Crippen molar-refractivity contribution in [3.8, 4) is 11.8 Å². The number of carbonyl (C=O) groups excluding carboxylic acids is 1. The lowest BCUT2D eigenvalue weighted by Crippen LogP contribution is -2.31. The number of pyridine rings is 1. The third-order valence-corrected chi connectivity index (χ3v) is 3.03. The lowest BCUT2D eigenvalue weighted by molar-refractivity contribution is 0.0767. The van der Waals surface area contributed by atoms with Crippen molar-refractivity contribution < 1.29 is 4.79 Å². The smallest absolute Gasteiger partial charge is 0.272 e. The summed E-state index contributed by atoms with van der Waals surface area (Å²) >= 11 is 0. The highest BCUT2D eigenvalue weighted by Gasteiger charge is 2.15. The fraction of sp³-hybridized carbons (Fsp3) is 0.286. The molecule has 0 aromatic carbocycles. The van der Waals surface area contributed by atoms with Crippen molar-refractivity contribution in [1.82, 2.24) is 19.4 Å². The van der Waals surface area contributed by atoms with E-state index in [-0.39, 0.29) is 11.7 Å². The van der Waals surface area contributed by atoms with E-state index in [1.165, 1.54) is 0 Å². The van der Waals surface area contributed by atoms with Crippen molar-refractivity contribution in [2.75, 3.05) is 13.1 Å². The maximum absolute atomic E-state index is 12.3. The number of hydrogen-bond acceptors (Lipinski definition) is 4. The van der Waals surface area contributed by atoms with Gasteiger partial charge in [0.2, 0.25) is 5.82 Å². The first-order valence-corrected chi connectivity index (χ1v) is 6.40. The van der Waals surface area contributed by atoms with Gasteiger partial charge in [-0.15, -0.1) is 0 Å². The number of amides is 1. The number of rotatable bonds is 4. The summed E-state index contributed by atoms with van der Waals surface area (Å²) in [4.78, 5) is 22.0. The zero-order valence-corrected chi connectivity index (χ0v) is 11.4. The molecule has 0 fully saturated rings. The summed E-state index contributed by atoms with van der Waals surface area (Å²) in [5.41, 5.74) is 1.06. The van der Waals surface area contributed by atoms with E-state index in [1.807, 2.05) is 19.9 Å². The molecule has 2 aromatic heterocycles. The van der Waals surface area contributed by atoms with Crippen molar-refractivity contribution >= 4 is 5.91 Å². The molecule has 0 radical (unpaired) electrons. The zero-order valence-electron chi connectivity index (χ0n) is 11.4. The Kier molecular flexibility index (Phi) is 4.11. The van der Waals surface area contributed by atoms with E-state index in [4.69, 9.17) is 5.26 Å². The van der Waals surface area contributed by atoms with Crippen LogP contribution >= 0.6 is 0 Å². The highest BCUT2D eigenvalue weighted by Crippen LogP contribution is 2.12. The molecule has 0 atom stereocenters. The predicted molar refractivity (Wildman–Crippen MR) is 73.3 cm³/mol. The van der Waals surface area contributed by atoms with Crippen molar-refractivity contribution in [3.05, 3.63) is 42.2 Å². The average Bonchev–Trinajstić information content (AvgIpc) is 2.97. The first-order valence-electron chi connectivity index (χ1n) is 6.40. The second kappa shape index (κ2) is 5.97. The molecule has 2 rings (SSSR count). The van der Waals surface area contributed by atoms with Crippen LogP contribution in [-0.2, 0) is 0 Å². The van der Waals surface area contributed by atoms with E-state index in [0.717, 1.165) is 0 Å². The summed E-state index contributed by atoms with van der Waals surface area (Å²) in [6.07, 6.45) is 4.79. The second-order valence-corrected chi connectivity index (χ2v) is 4.11. The predicted octanol–water partition coefficient (Wildman–Crippen LogP) is 1.62. The number of hydrogen-bond donors (Lipinski definition) is 0. The van der Waals surface area contributed by atoms with Crippen molar-refractivity contribution in [3.63, 3.8) is 0 Å². The lowest BCUT2D eigenvalue weighted by atomic mass is 10.2. The zero-order chi connectivity index (χ0) is 14.5. The molecule has 0 aliphatic carbocycles. The number of imidazole rings is 1. The number of nitriles is 1. The van der Waals surface area contributed by atoms with E-state index >= 15 is 0 Å². The Bertz CT molecular complexity index is 652. The molecule has 102 valence electrons. The third-order valence-electron chi connectivity index (χ3n) is 3.03. The molecule has 0 bridgehead atoms. The molecule has 0 spiro atoms. The van der Waals surface area contributed by atoms with Gasteiger partial charge < -0.3 is 4.90 Å². The van der Waals surface area contributed by atoms with Gasteiger partial charge >= 0.3 is 0 Å². The van der Waals surface area contributed by atoms with Gasteiger partial charge in [0.1, 0.15) is 11.8 Å². The molecule has 6 heteroatoms. The maximum Gasteiger partial charge on any atom is 0.272 e. The average molecular weight is 269 g/mol. The minimum Gasteiger partial charge on any atom is -0.338 e. The van der Waals surface area contributed by atoms with E-state index in [2.05, 4.69) is 9.97 Å². The number of aromatic nitrogens is 3. The summed E-state index contributed by atoms with van der Waals surface area (Å²) in [6.45, 7) is 5.12. The summed E-state index contributed by atoms with van der Waals surface area (Å²) < 4.78 is 1.63. The first-order chi connectivity index (χ1) is 9.71. The van der Waals surface area contributed by atoms with Gasteiger partial charge in [0.25, 0.3) is 5.91 Å². The Morgan fingerprint density at radius 3 is 2.75 bits per heavy atom. The van der Waals surface area contributed by atoms with E-state index in [9.17, 15) is 4.79 Å². The lowest BCUT2D eigenvalue weighted by Gasteiger charge is -2.18. The van der Waals surface area contributed by atoms with Gasteiger partial charge in [0, 0.05) is 31.7 Å². The molecule has 0 N–H and O–H groups in total. The van der Waals surface area contributed by atoms with Crippen LogP contribution in [0, 0.1) is 11.3 Å². The normalized spacial score (nSPS) is 10.1. The van der Waals surface area contributed by atoms with E-state index in [0.29, 0.717) is 24.5 Å². The van der Waals surface area contributed by atoms with Crippen LogP contribution in [0.2, 0.25) is 0 Å². The van der Waals surface area contributed by atoms with Gasteiger partial charge in [-0.2, -0.15) is 5.26 Å². The molecule has 0 aliphatic heterocycles. The van der Waals surface area contributed by atoms with E-state index < -0.39 is 0 Å². The van der Waals surface area contributed by atoms with Crippen molar-refractivity contribution in [1.29, 1.82) is 5.26 Å². The van der Waals surface area contributed by atoms with Gasteiger partial charge in [-0.1, -0.05) is 0 Å². The van der Waals surface area contributed by atoms with Crippen LogP contribution in [0.25, 0.3) is 5.69 Å². The fourth-order valence-electron chi connectivity index (χ4n) is 1.95. The molecule has 1 amide bonds. The summed E-state index contributed by atoms with van der Waals surface area (Å²) in [7, 11) is 0. The van der Waals surface area contributed by atoms with Crippen LogP contribution in [0.1, 0.15) is 30.2 Å². The van der Waals surface area contributed by atoms with Crippen LogP contribution in [0.4, 0.5) is 0 Å². The van der Waals surface area contributed by atoms with Gasteiger partial charge in [0.05, 0.1) is 5.69 Å². The van der Waals surface area contributed by atoms with Gasteiger partial charge in [-0.05, 0) is 26.0 Å². The van der Waals surface area contributed by atoms with Crippen molar-refractivity contribution in [2.45, 2.75) is 13.8 Å². The Morgan fingerprint density at radius 1 is 1.35 bits per heavy atom. The highest BCUT2D eigenvalue weighted by atomic mass is 16.2. The molecule has 20 heavy (non-hydrogen) atoms. The Labute approximate surface area is 117 Å². The molecule has 0 saturated carbocycles. The van der Waals surface area contributed by atoms with E-state index in [1.54, 1.807) is 40.2 Å².